The molecule has 0 unspecified atom stereocenters. The summed E-state index contributed by atoms with van der Waals surface area (Å²) < 4.78 is 3.82. The number of nitrogens with zero attached hydrogens (tertiary/aromatic N) is 4. The van der Waals surface area contributed by atoms with E-state index in [1.807, 2.05) is 31.6 Å². The Labute approximate surface area is 101 Å². The topological polar surface area (TPSA) is 47.7 Å². The molecule has 1 aliphatic rings. The molecule has 3 heterocycles. The first-order valence-corrected chi connectivity index (χ1v) is 6.00. The van der Waals surface area contributed by atoms with E-state index in [0.717, 1.165) is 13.1 Å². The highest BCUT2D eigenvalue weighted by atomic mass is 15.3. The van der Waals surface area contributed by atoms with Crippen molar-refractivity contribution in [3.63, 3.8) is 0 Å². The van der Waals surface area contributed by atoms with Gasteiger partial charge in [0.25, 0.3) is 0 Å². The molecule has 0 aromatic carbocycles. The van der Waals surface area contributed by atoms with Gasteiger partial charge < -0.3 is 5.32 Å². The molecule has 0 spiro atoms. The minimum Gasteiger partial charge on any atom is -0.317 e. The van der Waals surface area contributed by atoms with E-state index in [1.165, 1.54) is 12.8 Å². The van der Waals surface area contributed by atoms with Gasteiger partial charge in [0.05, 0.1) is 6.04 Å². The smallest absolute Gasteiger partial charge is 0.0543 e. The minimum absolute atomic E-state index is 0.631. The molecule has 0 amide bonds. The lowest BCUT2D eigenvalue weighted by molar-refractivity contribution is 0.343. The average molecular weight is 233 g/mol. The lowest BCUT2D eigenvalue weighted by atomic mass is 10.1. The normalized spacial score (nSPS) is 16.3. The molecular weight excluding hydrogens is 214 g/mol. The van der Waals surface area contributed by atoms with E-state index in [9.17, 15) is 0 Å². The third-order valence-corrected chi connectivity index (χ3v) is 2.84. The van der Waals surface area contributed by atoms with E-state index >= 15 is 0 Å². The van der Waals surface area contributed by atoms with Crippen LogP contribution in [0.1, 0.15) is 18.9 Å². The van der Waals surface area contributed by atoms with Gasteiger partial charge in [-0.05, 0) is 38.1 Å². The molecule has 1 N–H and O–H groups in total. The highest BCUT2D eigenvalue weighted by molar-refractivity contribution is 4.83. The maximum atomic E-state index is 4.23. The first kappa shape index (κ1) is 11.9. The molecule has 0 aliphatic carbocycles. The molecule has 0 bridgehead atoms. The van der Waals surface area contributed by atoms with E-state index in [-0.39, 0.29) is 0 Å². The molecule has 3 rings (SSSR count). The SMILES string of the molecule is Cn1cccn1.c1cnn(C2CCNCC2)c1. The van der Waals surface area contributed by atoms with Gasteiger partial charge >= 0.3 is 0 Å². The fourth-order valence-electron chi connectivity index (χ4n) is 1.91. The van der Waals surface area contributed by atoms with Gasteiger partial charge in [0.1, 0.15) is 0 Å². The lowest BCUT2D eigenvalue weighted by Crippen LogP contribution is -2.29. The Morgan fingerprint density at radius 3 is 2.24 bits per heavy atom. The van der Waals surface area contributed by atoms with Gasteiger partial charge in [-0.3, -0.25) is 9.36 Å². The van der Waals surface area contributed by atoms with Crippen molar-refractivity contribution in [2.75, 3.05) is 13.1 Å². The molecule has 1 aliphatic heterocycles. The summed E-state index contributed by atoms with van der Waals surface area (Å²) >= 11 is 0. The van der Waals surface area contributed by atoms with Crippen LogP contribution in [-0.4, -0.2) is 32.7 Å². The monoisotopic (exact) mass is 233 g/mol. The quantitative estimate of drug-likeness (QED) is 0.806. The zero-order valence-corrected chi connectivity index (χ0v) is 10.2. The van der Waals surface area contributed by atoms with Crippen molar-refractivity contribution in [2.24, 2.45) is 7.05 Å². The van der Waals surface area contributed by atoms with Crippen molar-refractivity contribution in [3.05, 3.63) is 36.9 Å². The third kappa shape index (κ3) is 3.71. The molecule has 5 nitrogen and oxygen atoms in total. The fourth-order valence-corrected chi connectivity index (χ4v) is 1.91. The van der Waals surface area contributed by atoms with Crippen molar-refractivity contribution in [3.8, 4) is 0 Å². The number of piperidine rings is 1. The zero-order valence-electron chi connectivity index (χ0n) is 10.2. The van der Waals surface area contributed by atoms with E-state index in [4.69, 9.17) is 0 Å². The molecule has 92 valence electrons. The molecule has 1 saturated heterocycles. The summed E-state index contributed by atoms with van der Waals surface area (Å²) in [5.41, 5.74) is 0. The maximum absolute atomic E-state index is 4.23. The lowest BCUT2D eigenvalue weighted by Gasteiger charge is -2.22. The predicted molar refractivity (Wildman–Crippen MR) is 66.6 cm³/mol. The predicted octanol–water partition coefficient (Wildman–Crippen LogP) is 1.23. The van der Waals surface area contributed by atoms with Crippen LogP contribution < -0.4 is 5.32 Å². The maximum Gasteiger partial charge on any atom is 0.0543 e. The molecule has 5 heteroatoms. The molecule has 17 heavy (non-hydrogen) atoms. The van der Waals surface area contributed by atoms with E-state index in [0.29, 0.717) is 6.04 Å². The van der Waals surface area contributed by atoms with Gasteiger partial charge in [0, 0.05) is 31.8 Å². The number of nitrogens with one attached hydrogen (secondary N) is 1. The zero-order chi connectivity index (χ0) is 11.9. The van der Waals surface area contributed by atoms with Crippen LogP contribution >= 0.6 is 0 Å². The van der Waals surface area contributed by atoms with Crippen LogP contribution in [0.5, 0.6) is 0 Å². The summed E-state index contributed by atoms with van der Waals surface area (Å²) in [6.45, 7) is 2.26. The van der Waals surface area contributed by atoms with Gasteiger partial charge in [-0.15, -0.1) is 0 Å². The second-order valence-corrected chi connectivity index (χ2v) is 4.15. The van der Waals surface area contributed by atoms with Gasteiger partial charge in [0.15, 0.2) is 0 Å². The molecule has 0 radical (unpaired) electrons. The largest absolute Gasteiger partial charge is 0.317 e. The third-order valence-electron chi connectivity index (χ3n) is 2.84. The van der Waals surface area contributed by atoms with E-state index in [1.54, 1.807) is 10.9 Å². The molecule has 0 atom stereocenters. The molecule has 0 saturated carbocycles. The van der Waals surface area contributed by atoms with Crippen molar-refractivity contribution in [1.82, 2.24) is 24.9 Å². The summed E-state index contributed by atoms with van der Waals surface area (Å²) in [4.78, 5) is 0. The number of aryl methyl sites for hydroxylation is 1. The van der Waals surface area contributed by atoms with Gasteiger partial charge in [-0.25, -0.2) is 0 Å². The fraction of sp³-hybridized carbons (Fsp3) is 0.500. The summed E-state index contributed by atoms with van der Waals surface area (Å²) in [6, 6.07) is 4.51. The number of aromatic nitrogens is 4. The van der Waals surface area contributed by atoms with Crippen molar-refractivity contribution in [2.45, 2.75) is 18.9 Å². The Morgan fingerprint density at radius 1 is 1.06 bits per heavy atom. The van der Waals surface area contributed by atoms with Crippen molar-refractivity contribution in [1.29, 1.82) is 0 Å². The van der Waals surface area contributed by atoms with E-state index in [2.05, 4.69) is 26.4 Å². The first-order valence-electron chi connectivity index (χ1n) is 6.00. The van der Waals surface area contributed by atoms with E-state index < -0.39 is 0 Å². The molecule has 2 aromatic rings. The van der Waals surface area contributed by atoms with Crippen LogP contribution in [0.3, 0.4) is 0 Å². The Bertz CT molecular complexity index is 386. The van der Waals surface area contributed by atoms with Crippen LogP contribution in [0.25, 0.3) is 0 Å². The van der Waals surface area contributed by atoms with Crippen LogP contribution in [0.4, 0.5) is 0 Å². The van der Waals surface area contributed by atoms with Gasteiger partial charge in [0.2, 0.25) is 0 Å². The Kier molecular flexibility index (Phi) is 4.32. The van der Waals surface area contributed by atoms with Crippen LogP contribution in [-0.2, 0) is 7.05 Å². The van der Waals surface area contributed by atoms with Gasteiger partial charge in [-0.1, -0.05) is 0 Å². The first-order chi connectivity index (χ1) is 8.36. The Morgan fingerprint density at radius 2 is 1.76 bits per heavy atom. The standard InChI is InChI=1S/C8H13N3.C4H6N2/c1-4-10-11(7-1)8-2-5-9-6-3-8;1-6-4-2-3-5-6/h1,4,7-9H,2-3,5-6H2;2-4H,1H3. The Balaban J connectivity index is 0.000000153. The second kappa shape index (κ2) is 6.20. The van der Waals surface area contributed by atoms with Crippen LogP contribution in [0.15, 0.2) is 36.9 Å². The molecule has 2 aromatic heterocycles. The highest BCUT2D eigenvalue weighted by Gasteiger charge is 2.13. The van der Waals surface area contributed by atoms with Crippen LogP contribution in [0.2, 0.25) is 0 Å². The molecule has 1 fully saturated rings. The number of hydrogen-bond donors (Lipinski definition) is 1. The summed E-state index contributed by atoms with van der Waals surface area (Å²) in [5.74, 6) is 0. The average Bonchev–Trinajstić information content (AvgIpc) is 3.03. The van der Waals surface area contributed by atoms with Crippen molar-refractivity contribution >= 4 is 0 Å². The molecular formula is C12H19N5. The summed E-state index contributed by atoms with van der Waals surface area (Å²) in [5, 5.41) is 11.4. The Hall–Kier alpha value is -1.62. The van der Waals surface area contributed by atoms with Crippen LogP contribution in [0, 0.1) is 0 Å². The number of rotatable bonds is 1. The summed E-state index contributed by atoms with van der Waals surface area (Å²) in [7, 11) is 1.89. The van der Waals surface area contributed by atoms with Crippen molar-refractivity contribution < 1.29 is 0 Å². The summed E-state index contributed by atoms with van der Waals surface area (Å²) in [6.07, 6.45) is 9.96. The number of hydrogen-bond acceptors (Lipinski definition) is 3. The van der Waals surface area contributed by atoms with Gasteiger partial charge in [-0.2, -0.15) is 10.2 Å². The second-order valence-electron chi connectivity index (χ2n) is 4.15. The minimum atomic E-state index is 0.631. The highest BCUT2D eigenvalue weighted by Crippen LogP contribution is 2.16.